The second-order valence-electron chi connectivity index (χ2n) is 5.29. The second kappa shape index (κ2) is 8.29. The van der Waals surface area contributed by atoms with E-state index in [1.807, 2.05) is 13.8 Å². The maximum atomic E-state index is 12.6. The molecule has 0 saturated carbocycles. The lowest BCUT2D eigenvalue weighted by molar-refractivity contribution is -0.385. The van der Waals surface area contributed by atoms with Crippen LogP contribution in [0.2, 0.25) is 5.02 Å². The van der Waals surface area contributed by atoms with Gasteiger partial charge in [-0.1, -0.05) is 18.5 Å². The topological polar surface area (TPSA) is 98.5 Å². The molecule has 0 aliphatic carbocycles. The molecule has 0 atom stereocenters. The van der Waals surface area contributed by atoms with Crippen molar-refractivity contribution >= 4 is 45.5 Å². The minimum Gasteiger partial charge on any atom is -0.462 e. The standard InChI is InChI=1S/C17H17ClN2O5S/c1-4-11-9(3)26-16(14(11)17(22)25-5-2)19-15(21)12-8-10(18)6-7-13(12)20(23)24/h6-8H,4-5H2,1-3H3,(H,19,21). The Morgan fingerprint density at radius 1 is 1.35 bits per heavy atom. The molecule has 2 rings (SSSR count). The molecule has 0 spiro atoms. The third-order valence-corrected chi connectivity index (χ3v) is 4.97. The fourth-order valence-corrected chi connectivity index (χ4v) is 3.83. The molecule has 0 saturated heterocycles. The molecule has 1 heterocycles. The summed E-state index contributed by atoms with van der Waals surface area (Å²) in [5.74, 6) is -1.25. The lowest BCUT2D eigenvalue weighted by atomic mass is 10.1. The van der Waals surface area contributed by atoms with Crippen molar-refractivity contribution in [2.24, 2.45) is 0 Å². The average Bonchev–Trinajstić information content (AvgIpc) is 2.89. The van der Waals surface area contributed by atoms with Crippen molar-refractivity contribution in [3.63, 3.8) is 0 Å². The van der Waals surface area contributed by atoms with E-state index in [2.05, 4.69) is 5.32 Å². The SMILES string of the molecule is CCOC(=O)c1c(NC(=O)c2cc(Cl)ccc2[N+](=O)[O-])sc(C)c1CC. The molecule has 0 aliphatic heterocycles. The van der Waals surface area contributed by atoms with Crippen LogP contribution in [-0.2, 0) is 11.2 Å². The number of aryl methyl sites for hydroxylation is 1. The summed E-state index contributed by atoms with van der Waals surface area (Å²) in [7, 11) is 0. The van der Waals surface area contributed by atoms with Crippen molar-refractivity contribution in [1.29, 1.82) is 0 Å². The number of halogens is 1. The molecule has 0 fully saturated rings. The first-order valence-electron chi connectivity index (χ1n) is 7.84. The first-order chi connectivity index (χ1) is 12.3. The first-order valence-corrected chi connectivity index (χ1v) is 9.04. The highest BCUT2D eigenvalue weighted by Crippen LogP contribution is 2.35. The van der Waals surface area contributed by atoms with Crippen LogP contribution in [0.4, 0.5) is 10.7 Å². The Labute approximate surface area is 159 Å². The van der Waals surface area contributed by atoms with Crippen molar-refractivity contribution in [1.82, 2.24) is 0 Å². The summed E-state index contributed by atoms with van der Waals surface area (Å²) in [4.78, 5) is 36.3. The Balaban J connectivity index is 2.46. The number of thiophene rings is 1. The Morgan fingerprint density at radius 3 is 2.62 bits per heavy atom. The van der Waals surface area contributed by atoms with Crippen LogP contribution < -0.4 is 5.32 Å². The molecule has 7 nitrogen and oxygen atoms in total. The van der Waals surface area contributed by atoms with Crippen molar-refractivity contribution in [2.45, 2.75) is 27.2 Å². The first kappa shape index (κ1) is 19.9. The van der Waals surface area contributed by atoms with Gasteiger partial charge in [0.15, 0.2) is 0 Å². The number of carbonyl (C=O) groups excluding carboxylic acids is 2. The van der Waals surface area contributed by atoms with Crippen LogP contribution in [0, 0.1) is 17.0 Å². The number of nitro benzene ring substituents is 1. The van der Waals surface area contributed by atoms with Gasteiger partial charge in [-0.3, -0.25) is 14.9 Å². The number of ether oxygens (including phenoxy) is 1. The fraction of sp³-hybridized carbons (Fsp3) is 0.294. The Bertz CT molecular complexity index is 878. The van der Waals surface area contributed by atoms with E-state index in [9.17, 15) is 19.7 Å². The predicted molar refractivity (Wildman–Crippen MR) is 100 cm³/mol. The van der Waals surface area contributed by atoms with Crippen molar-refractivity contribution in [3.8, 4) is 0 Å². The number of hydrogen-bond donors (Lipinski definition) is 1. The molecule has 1 N–H and O–H groups in total. The monoisotopic (exact) mass is 396 g/mol. The molecular formula is C17H17ClN2O5S. The van der Waals surface area contributed by atoms with Crippen molar-refractivity contribution in [2.75, 3.05) is 11.9 Å². The molecular weight excluding hydrogens is 380 g/mol. The number of nitro groups is 1. The van der Waals surface area contributed by atoms with Gasteiger partial charge in [-0.05, 0) is 38.0 Å². The zero-order valence-electron chi connectivity index (χ0n) is 14.4. The average molecular weight is 397 g/mol. The lowest BCUT2D eigenvalue weighted by Crippen LogP contribution is -2.16. The number of anilines is 1. The molecule has 138 valence electrons. The number of amides is 1. The van der Waals surface area contributed by atoms with Crippen LogP contribution in [0.25, 0.3) is 0 Å². The second-order valence-corrected chi connectivity index (χ2v) is 6.95. The third kappa shape index (κ3) is 4.03. The number of esters is 1. The number of nitrogens with zero attached hydrogens (tertiary/aromatic N) is 1. The van der Waals surface area contributed by atoms with E-state index in [0.717, 1.165) is 10.4 Å². The lowest BCUT2D eigenvalue weighted by Gasteiger charge is -2.08. The molecule has 1 aromatic heterocycles. The number of hydrogen-bond acceptors (Lipinski definition) is 6. The van der Waals surface area contributed by atoms with Crippen LogP contribution in [0.15, 0.2) is 18.2 Å². The van der Waals surface area contributed by atoms with Gasteiger partial charge in [0.1, 0.15) is 10.6 Å². The Kier molecular flexibility index (Phi) is 6.33. The van der Waals surface area contributed by atoms with Gasteiger partial charge in [-0.25, -0.2) is 4.79 Å². The smallest absolute Gasteiger partial charge is 0.341 e. The van der Waals surface area contributed by atoms with Gasteiger partial charge in [0.05, 0.1) is 17.1 Å². The van der Waals surface area contributed by atoms with Gasteiger partial charge in [0.2, 0.25) is 0 Å². The fourth-order valence-electron chi connectivity index (χ4n) is 2.53. The quantitative estimate of drug-likeness (QED) is 0.436. The van der Waals surface area contributed by atoms with Crippen LogP contribution in [0.1, 0.15) is 45.0 Å². The summed E-state index contributed by atoms with van der Waals surface area (Å²) in [5.41, 5.74) is 0.522. The van der Waals surface area contributed by atoms with E-state index in [4.69, 9.17) is 16.3 Å². The highest BCUT2D eigenvalue weighted by Gasteiger charge is 2.26. The van der Waals surface area contributed by atoms with Crippen LogP contribution in [0.5, 0.6) is 0 Å². The number of carbonyl (C=O) groups is 2. The van der Waals surface area contributed by atoms with Crippen molar-refractivity contribution in [3.05, 3.63) is 54.9 Å². The molecule has 1 aromatic carbocycles. The van der Waals surface area contributed by atoms with E-state index in [1.165, 1.54) is 29.5 Å². The maximum absolute atomic E-state index is 12.6. The highest BCUT2D eigenvalue weighted by atomic mass is 35.5. The van der Waals surface area contributed by atoms with Gasteiger partial charge in [0.25, 0.3) is 11.6 Å². The molecule has 0 aliphatic rings. The van der Waals surface area contributed by atoms with E-state index in [1.54, 1.807) is 6.92 Å². The van der Waals surface area contributed by atoms with Gasteiger partial charge in [-0.15, -0.1) is 11.3 Å². The number of benzene rings is 1. The summed E-state index contributed by atoms with van der Waals surface area (Å²) in [5, 5.41) is 14.3. The third-order valence-electron chi connectivity index (χ3n) is 3.67. The zero-order chi connectivity index (χ0) is 19.4. The van der Waals surface area contributed by atoms with Crippen molar-refractivity contribution < 1.29 is 19.2 Å². The minimum absolute atomic E-state index is 0.179. The molecule has 1 amide bonds. The van der Waals surface area contributed by atoms with E-state index in [-0.39, 0.29) is 28.4 Å². The van der Waals surface area contributed by atoms with E-state index < -0.39 is 16.8 Å². The summed E-state index contributed by atoms with van der Waals surface area (Å²) < 4.78 is 5.08. The Hall–Kier alpha value is -2.45. The summed E-state index contributed by atoms with van der Waals surface area (Å²) in [6.07, 6.45) is 0.587. The summed E-state index contributed by atoms with van der Waals surface area (Å²) >= 11 is 7.09. The van der Waals surface area contributed by atoms with Crippen LogP contribution in [0.3, 0.4) is 0 Å². The molecule has 9 heteroatoms. The van der Waals surface area contributed by atoms with Gasteiger partial charge in [0, 0.05) is 16.0 Å². The van der Waals surface area contributed by atoms with Gasteiger partial charge >= 0.3 is 5.97 Å². The number of rotatable bonds is 6. The Morgan fingerprint density at radius 2 is 2.04 bits per heavy atom. The molecule has 26 heavy (non-hydrogen) atoms. The number of nitrogens with one attached hydrogen (secondary N) is 1. The van der Waals surface area contributed by atoms with Gasteiger partial charge < -0.3 is 10.1 Å². The summed E-state index contributed by atoms with van der Waals surface area (Å²) in [6.45, 7) is 5.62. The highest BCUT2D eigenvalue weighted by molar-refractivity contribution is 7.16. The molecule has 2 aromatic rings. The van der Waals surface area contributed by atoms with E-state index >= 15 is 0 Å². The largest absolute Gasteiger partial charge is 0.462 e. The molecule has 0 bridgehead atoms. The maximum Gasteiger partial charge on any atom is 0.341 e. The minimum atomic E-state index is -0.714. The zero-order valence-corrected chi connectivity index (χ0v) is 16.0. The van der Waals surface area contributed by atoms with Gasteiger partial charge in [-0.2, -0.15) is 0 Å². The summed E-state index contributed by atoms with van der Waals surface area (Å²) in [6, 6.07) is 3.73. The predicted octanol–water partition coefficient (Wildman–Crippen LogP) is 4.61. The van der Waals surface area contributed by atoms with Crippen LogP contribution >= 0.6 is 22.9 Å². The normalized spacial score (nSPS) is 10.5. The molecule has 0 unspecified atom stereocenters. The van der Waals surface area contributed by atoms with Crippen LogP contribution in [-0.4, -0.2) is 23.4 Å². The molecule has 0 radical (unpaired) electrons. The van der Waals surface area contributed by atoms with E-state index in [0.29, 0.717) is 11.4 Å².